The highest BCUT2D eigenvalue weighted by atomic mass is 32.1. The van der Waals surface area contributed by atoms with Crippen LogP contribution in [-0.2, 0) is 0 Å². The molecule has 2 nitrogen and oxygen atoms in total. The van der Waals surface area contributed by atoms with Crippen molar-refractivity contribution in [1.29, 1.82) is 0 Å². The third-order valence-corrected chi connectivity index (χ3v) is 5.18. The highest BCUT2D eigenvalue weighted by Gasteiger charge is 2.48. The Bertz CT molecular complexity index is 285. The molecule has 0 unspecified atom stereocenters. The van der Waals surface area contributed by atoms with Crippen LogP contribution in [0.5, 0.6) is 0 Å². The highest BCUT2D eigenvalue weighted by Crippen LogP contribution is 2.53. The second-order valence-corrected chi connectivity index (χ2v) is 7.14. The van der Waals surface area contributed by atoms with Gasteiger partial charge in [-0.15, -0.1) is 0 Å². The molecule has 96 valence electrons. The summed E-state index contributed by atoms with van der Waals surface area (Å²) >= 11 is 5.41. The van der Waals surface area contributed by atoms with E-state index in [4.69, 9.17) is 12.2 Å². The second-order valence-electron chi connectivity index (χ2n) is 6.73. The van der Waals surface area contributed by atoms with Crippen molar-refractivity contribution in [3.8, 4) is 0 Å². The lowest BCUT2D eigenvalue weighted by atomic mass is 9.54. The minimum atomic E-state index is 0.437. The highest BCUT2D eigenvalue weighted by molar-refractivity contribution is 7.80. The molecule has 0 radical (unpaired) electrons. The minimum absolute atomic E-state index is 0.437. The summed E-state index contributed by atoms with van der Waals surface area (Å²) in [7, 11) is 0. The van der Waals surface area contributed by atoms with Crippen molar-refractivity contribution in [2.24, 2.45) is 23.7 Å². The zero-order chi connectivity index (χ0) is 12.0. The van der Waals surface area contributed by atoms with E-state index in [-0.39, 0.29) is 0 Å². The fourth-order valence-electron chi connectivity index (χ4n) is 4.62. The Hall–Kier alpha value is -0.310. The van der Waals surface area contributed by atoms with Crippen molar-refractivity contribution in [2.75, 3.05) is 0 Å². The minimum Gasteiger partial charge on any atom is -0.361 e. The summed E-state index contributed by atoms with van der Waals surface area (Å²) < 4.78 is 0. The zero-order valence-corrected chi connectivity index (χ0v) is 11.7. The maximum Gasteiger partial charge on any atom is 0.166 e. The van der Waals surface area contributed by atoms with Gasteiger partial charge in [-0.2, -0.15) is 0 Å². The molecular weight excluding hydrogens is 228 g/mol. The molecule has 0 aromatic carbocycles. The third-order valence-electron chi connectivity index (χ3n) is 4.94. The van der Waals surface area contributed by atoms with E-state index in [1.165, 1.54) is 32.1 Å². The first-order chi connectivity index (χ1) is 8.11. The maximum absolute atomic E-state index is 5.41. The standard InChI is InChI=1S/C14H24N2S/c1-8(2)15-14(17)16-13-11-4-9-3-10(6-11)7-12(13)5-9/h8-13H,3-7H2,1-2H3,(H2,15,16,17). The maximum atomic E-state index is 5.41. The second kappa shape index (κ2) is 4.42. The summed E-state index contributed by atoms with van der Waals surface area (Å²) in [6, 6.07) is 1.10. The van der Waals surface area contributed by atoms with Crippen LogP contribution in [0.25, 0.3) is 0 Å². The molecule has 0 amide bonds. The summed E-state index contributed by atoms with van der Waals surface area (Å²) in [6.45, 7) is 4.29. The number of thiocarbonyl (C=S) groups is 1. The van der Waals surface area contributed by atoms with Crippen LogP contribution in [0.1, 0.15) is 46.0 Å². The molecule has 0 heterocycles. The van der Waals surface area contributed by atoms with Gasteiger partial charge in [0.15, 0.2) is 5.11 Å². The molecule has 4 fully saturated rings. The molecule has 3 heteroatoms. The Kier molecular flexibility index (Phi) is 3.06. The molecule has 4 aliphatic carbocycles. The molecule has 0 saturated heterocycles. The van der Waals surface area contributed by atoms with E-state index in [2.05, 4.69) is 24.5 Å². The zero-order valence-electron chi connectivity index (χ0n) is 10.9. The Morgan fingerprint density at radius 1 is 1.00 bits per heavy atom. The molecule has 4 saturated carbocycles. The number of rotatable bonds is 2. The van der Waals surface area contributed by atoms with Gasteiger partial charge in [0.25, 0.3) is 0 Å². The van der Waals surface area contributed by atoms with E-state index in [0.717, 1.165) is 28.8 Å². The first kappa shape index (κ1) is 11.8. The lowest BCUT2D eigenvalue weighted by molar-refractivity contribution is -0.00697. The van der Waals surface area contributed by atoms with E-state index in [9.17, 15) is 0 Å². The molecule has 4 aliphatic rings. The monoisotopic (exact) mass is 252 g/mol. The van der Waals surface area contributed by atoms with E-state index < -0.39 is 0 Å². The van der Waals surface area contributed by atoms with Gasteiger partial charge in [-0.1, -0.05) is 0 Å². The summed E-state index contributed by atoms with van der Waals surface area (Å²) in [5.74, 6) is 3.89. The number of hydrogen-bond donors (Lipinski definition) is 2. The average Bonchev–Trinajstić information content (AvgIpc) is 2.21. The van der Waals surface area contributed by atoms with E-state index in [0.29, 0.717) is 12.1 Å². The quantitative estimate of drug-likeness (QED) is 0.739. The Morgan fingerprint density at radius 2 is 1.53 bits per heavy atom. The summed E-state index contributed by atoms with van der Waals surface area (Å²) in [5, 5.41) is 7.81. The predicted molar refractivity (Wildman–Crippen MR) is 74.8 cm³/mol. The summed E-state index contributed by atoms with van der Waals surface area (Å²) in [4.78, 5) is 0. The van der Waals surface area contributed by atoms with Crippen LogP contribution in [-0.4, -0.2) is 17.2 Å². The van der Waals surface area contributed by atoms with Crippen LogP contribution in [0.2, 0.25) is 0 Å². The van der Waals surface area contributed by atoms with Gasteiger partial charge >= 0.3 is 0 Å². The van der Waals surface area contributed by atoms with E-state index in [1.807, 2.05) is 0 Å². The third kappa shape index (κ3) is 2.31. The molecule has 0 aromatic heterocycles. The average molecular weight is 252 g/mol. The van der Waals surface area contributed by atoms with Gasteiger partial charge in [-0.05, 0) is 81.8 Å². The van der Waals surface area contributed by atoms with Crippen molar-refractivity contribution in [3.63, 3.8) is 0 Å². The Balaban J connectivity index is 1.62. The van der Waals surface area contributed by atoms with Crippen LogP contribution in [0.3, 0.4) is 0 Å². The molecule has 4 bridgehead atoms. The molecule has 0 aliphatic heterocycles. The van der Waals surface area contributed by atoms with Crippen molar-refractivity contribution < 1.29 is 0 Å². The van der Waals surface area contributed by atoms with Crippen LogP contribution in [0.4, 0.5) is 0 Å². The predicted octanol–water partition coefficient (Wildman–Crippen LogP) is 2.68. The number of hydrogen-bond acceptors (Lipinski definition) is 1. The molecule has 0 aromatic rings. The molecule has 17 heavy (non-hydrogen) atoms. The van der Waals surface area contributed by atoms with Gasteiger partial charge in [0.2, 0.25) is 0 Å². The molecule has 4 rings (SSSR count). The van der Waals surface area contributed by atoms with Gasteiger partial charge in [-0.3, -0.25) is 0 Å². The lowest BCUT2D eigenvalue weighted by Gasteiger charge is -2.54. The van der Waals surface area contributed by atoms with Gasteiger partial charge in [-0.25, -0.2) is 0 Å². The fraction of sp³-hybridized carbons (Fsp3) is 0.929. The van der Waals surface area contributed by atoms with Gasteiger partial charge in [0.1, 0.15) is 0 Å². The Morgan fingerprint density at radius 3 is 2.00 bits per heavy atom. The molecule has 2 N–H and O–H groups in total. The van der Waals surface area contributed by atoms with Crippen molar-refractivity contribution in [3.05, 3.63) is 0 Å². The van der Waals surface area contributed by atoms with Crippen LogP contribution < -0.4 is 10.6 Å². The topological polar surface area (TPSA) is 24.1 Å². The van der Waals surface area contributed by atoms with Gasteiger partial charge in [0.05, 0.1) is 0 Å². The Labute approximate surface area is 110 Å². The molecular formula is C14H24N2S. The first-order valence-electron chi connectivity index (χ1n) is 7.19. The van der Waals surface area contributed by atoms with Gasteiger partial charge in [0, 0.05) is 12.1 Å². The molecule has 0 spiro atoms. The molecule has 0 atom stereocenters. The normalized spacial score (nSPS) is 42.9. The van der Waals surface area contributed by atoms with Crippen molar-refractivity contribution >= 4 is 17.3 Å². The summed E-state index contributed by atoms with van der Waals surface area (Å²) in [6.07, 6.45) is 7.34. The summed E-state index contributed by atoms with van der Waals surface area (Å²) in [5.41, 5.74) is 0. The SMILES string of the molecule is CC(C)NC(=S)NC1C2CC3CC(C2)CC1C3. The smallest absolute Gasteiger partial charge is 0.166 e. The lowest BCUT2D eigenvalue weighted by Crippen LogP contribution is -2.57. The fourth-order valence-corrected chi connectivity index (χ4v) is 4.99. The van der Waals surface area contributed by atoms with Crippen molar-refractivity contribution in [1.82, 2.24) is 10.6 Å². The van der Waals surface area contributed by atoms with Crippen LogP contribution in [0.15, 0.2) is 0 Å². The van der Waals surface area contributed by atoms with E-state index in [1.54, 1.807) is 0 Å². The van der Waals surface area contributed by atoms with Crippen molar-refractivity contribution in [2.45, 2.75) is 58.0 Å². The first-order valence-corrected chi connectivity index (χ1v) is 7.59. The van der Waals surface area contributed by atoms with Crippen LogP contribution in [0, 0.1) is 23.7 Å². The van der Waals surface area contributed by atoms with Gasteiger partial charge < -0.3 is 10.6 Å². The van der Waals surface area contributed by atoms with Crippen LogP contribution >= 0.6 is 12.2 Å². The largest absolute Gasteiger partial charge is 0.361 e. The van der Waals surface area contributed by atoms with E-state index >= 15 is 0 Å². The number of nitrogens with one attached hydrogen (secondary N) is 2.